The molecular weight excluding hydrogens is 298 g/mol. The fourth-order valence-corrected chi connectivity index (χ4v) is 2.75. The Morgan fingerprint density at radius 3 is 2.83 bits per heavy atom. The lowest BCUT2D eigenvalue weighted by molar-refractivity contribution is -0.150. The Kier molecular flexibility index (Phi) is 4.32. The van der Waals surface area contributed by atoms with Crippen molar-refractivity contribution in [1.29, 1.82) is 0 Å². The summed E-state index contributed by atoms with van der Waals surface area (Å²) >= 11 is 0. The van der Waals surface area contributed by atoms with Crippen molar-refractivity contribution in [2.45, 2.75) is 18.9 Å². The summed E-state index contributed by atoms with van der Waals surface area (Å²) in [5, 5.41) is 9.62. The van der Waals surface area contributed by atoms with E-state index >= 15 is 0 Å². The van der Waals surface area contributed by atoms with Crippen LogP contribution in [0, 0.1) is 0 Å². The SMILES string of the molecule is O=C(O)C1c2ccccc2OCCN1C(=O)CCc1ccoc1. The number of carbonyl (C=O) groups is 2. The largest absolute Gasteiger partial charge is 0.491 e. The lowest BCUT2D eigenvalue weighted by Gasteiger charge is -2.26. The summed E-state index contributed by atoms with van der Waals surface area (Å²) in [5.41, 5.74) is 1.42. The van der Waals surface area contributed by atoms with Gasteiger partial charge in [-0.2, -0.15) is 0 Å². The van der Waals surface area contributed by atoms with E-state index in [4.69, 9.17) is 9.15 Å². The van der Waals surface area contributed by atoms with Gasteiger partial charge in [-0.1, -0.05) is 18.2 Å². The quantitative estimate of drug-likeness (QED) is 0.936. The second-order valence-electron chi connectivity index (χ2n) is 5.35. The number of carboxylic acid groups (broad SMARTS) is 1. The number of carbonyl (C=O) groups excluding carboxylic acids is 1. The number of para-hydroxylation sites is 1. The highest BCUT2D eigenvalue weighted by Gasteiger charge is 2.34. The molecule has 2 heterocycles. The number of furan rings is 1. The van der Waals surface area contributed by atoms with E-state index in [1.165, 1.54) is 4.90 Å². The molecule has 0 aliphatic carbocycles. The molecule has 0 bridgehead atoms. The molecule has 6 nitrogen and oxygen atoms in total. The predicted molar refractivity (Wildman–Crippen MR) is 81.1 cm³/mol. The molecule has 0 spiro atoms. The zero-order valence-corrected chi connectivity index (χ0v) is 12.5. The third-order valence-electron chi connectivity index (χ3n) is 3.88. The molecule has 120 valence electrons. The number of aryl methyl sites for hydroxylation is 1. The Labute approximate surface area is 133 Å². The molecule has 1 aliphatic rings. The molecule has 1 atom stereocenters. The van der Waals surface area contributed by atoms with Crippen LogP contribution in [0.15, 0.2) is 47.3 Å². The third kappa shape index (κ3) is 3.21. The lowest BCUT2D eigenvalue weighted by atomic mass is 10.0. The van der Waals surface area contributed by atoms with Crippen LogP contribution >= 0.6 is 0 Å². The van der Waals surface area contributed by atoms with Crippen LogP contribution in [0.3, 0.4) is 0 Å². The molecule has 0 fully saturated rings. The van der Waals surface area contributed by atoms with Gasteiger partial charge in [0.05, 0.1) is 19.1 Å². The van der Waals surface area contributed by atoms with E-state index < -0.39 is 12.0 Å². The first-order valence-electron chi connectivity index (χ1n) is 7.42. The number of hydrogen-bond acceptors (Lipinski definition) is 4. The van der Waals surface area contributed by atoms with Crippen LogP contribution in [0.4, 0.5) is 0 Å². The van der Waals surface area contributed by atoms with Crippen molar-refractivity contribution < 1.29 is 23.8 Å². The van der Waals surface area contributed by atoms with Crippen molar-refractivity contribution in [2.24, 2.45) is 0 Å². The first kappa shape index (κ1) is 15.1. The maximum atomic E-state index is 12.5. The van der Waals surface area contributed by atoms with E-state index in [0.29, 0.717) is 17.7 Å². The first-order chi connectivity index (χ1) is 11.2. The summed E-state index contributed by atoms with van der Waals surface area (Å²) < 4.78 is 10.6. The normalized spacial score (nSPS) is 17.0. The Bertz CT molecular complexity index is 695. The molecule has 1 aromatic carbocycles. The number of aliphatic carboxylic acids is 1. The molecular formula is C17H17NO5. The fraction of sp³-hybridized carbons (Fsp3) is 0.294. The van der Waals surface area contributed by atoms with Gasteiger partial charge in [0.1, 0.15) is 12.4 Å². The Hall–Kier alpha value is -2.76. The lowest BCUT2D eigenvalue weighted by Crippen LogP contribution is -2.40. The smallest absolute Gasteiger partial charge is 0.331 e. The van der Waals surface area contributed by atoms with Crippen molar-refractivity contribution in [1.82, 2.24) is 4.90 Å². The molecule has 1 unspecified atom stereocenters. The molecule has 1 N–H and O–H groups in total. The molecule has 0 saturated heterocycles. The number of nitrogens with zero attached hydrogens (tertiary/aromatic N) is 1. The number of hydrogen-bond donors (Lipinski definition) is 1. The fourth-order valence-electron chi connectivity index (χ4n) is 2.75. The molecule has 1 amide bonds. The molecule has 23 heavy (non-hydrogen) atoms. The minimum absolute atomic E-state index is 0.209. The van der Waals surface area contributed by atoms with Crippen LogP contribution in [-0.2, 0) is 16.0 Å². The predicted octanol–water partition coefficient (Wildman–Crippen LogP) is 2.26. The summed E-state index contributed by atoms with van der Waals surface area (Å²) in [6.07, 6.45) is 3.88. The van der Waals surface area contributed by atoms with E-state index in [-0.39, 0.29) is 25.5 Å². The minimum Gasteiger partial charge on any atom is -0.491 e. The first-order valence-corrected chi connectivity index (χ1v) is 7.42. The summed E-state index contributed by atoms with van der Waals surface area (Å²) in [4.78, 5) is 25.7. The topological polar surface area (TPSA) is 80.0 Å². The van der Waals surface area contributed by atoms with Crippen LogP contribution in [0.5, 0.6) is 5.75 Å². The van der Waals surface area contributed by atoms with Crippen molar-refractivity contribution in [3.8, 4) is 5.75 Å². The van der Waals surface area contributed by atoms with Crippen LogP contribution in [0.1, 0.15) is 23.6 Å². The van der Waals surface area contributed by atoms with Crippen LogP contribution in [0.25, 0.3) is 0 Å². The summed E-state index contributed by atoms with van der Waals surface area (Å²) in [5.74, 6) is -0.747. The van der Waals surface area contributed by atoms with E-state index in [1.807, 2.05) is 0 Å². The van der Waals surface area contributed by atoms with Crippen molar-refractivity contribution in [3.05, 3.63) is 54.0 Å². The molecule has 1 aromatic heterocycles. The number of amides is 1. The van der Waals surface area contributed by atoms with Crippen molar-refractivity contribution in [3.63, 3.8) is 0 Å². The summed E-state index contributed by atoms with van der Waals surface area (Å²) in [6.45, 7) is 0.522. The maximum Gasteiger partial charge on any atom is 0.331 e. The summed E-state index contributed by atoms with van der Waals surface area (Å²) in [7, 11) is 0. The van der Waals surface area contributed by atoms with Gasteiger partial charge in [-0.3, -0.25) is 4.79 Å². The van der Waals surface area contributed by atoms with Gasteiger partial charge in [0.2, 0.25) is 5.91 Å². The number of benzene rings is 1. The second-order valence-corrected chi connectivity index (χ2v) is 5.35. The molecule has 2 aromatic rings. The standard InChI is InChI=1S/C17H17NO5/c19-15(6-5-12-7-9-22-11-12)18-8-10-23-14-4-2-1-3-13(14)16(18)17(20)21/h1-4,7,9,11,16H,5-6,8,10H2,(H,20,21). The van der Waals surface area contributed by atoms with Crippen LogP contribution in [0.2, 0.25) is 0 Å². The van der Waals surface area contributed by atoms with E-state index in [1.54, 1.807) is 42.9 Å². The molecule has 1 aliphatic heterocycles. The average Bonchev–Trinajstić information content (AvgIpc) is 2.98. The van der Waals surface area contributed by atoms with Crippen LogP contribution in [-0.4, -0.2) is 35.0 Å². The van der Waals surface area contributed by atoms with Gasteiger partial charge in [-0.15, -0.1) is 0 Å². The van der Waals surface area contributed by atoms with E-state index in [2.05, 4.69) is 0 Å². The van der Waals surface area contributed by atoms with Gasteiger partial charge in [0.25, 0.3) is 0 Å². The van der Waals surface area contributed by atoms with Gasteiger partial charge >= 0.3 is 5.97 Å². The highest BCUT2D eigenvalue weighted by Crippen LogP contribution is 2.32. The number of fused-ring (bicyclic) bond motifs is 1. The van der Waals surface area contributed by atoms with Gasteiger partial charge in [-0.25, -0.2) is 4.79 Å². The Balaban J connectivity index is 1.82. The molecule has 0 radical (unpaired) electrons. The molecule has 0 saturated carbocycles. The number of rotatable bonds is 4. The molecule has 6 heteroatoms. The van der Waals surface area contributed by atoms with Crippen LogP contribution < -0.4 is 4.74 Å². The molecule has 3 rings (SSSR count). The number of carboxylic acids is 1. The maximum absolute atomic E-state index is 12.5. The zero-order chi connectivity index (χ0) is 16.2. The minimum atomic E-state index is -1.06. The highest BCUT2D eigenvalue weighted by atomic mass is 16.5. The van der Waals surface area contributed by atoms with E-state index in [0.717, 1.165) is 5.56 Å². The average molecular weight is 315 g/mol. The zero-order valence-electron chi connectivity index (χ0n) is 12.5. The summed E-state index contributed by atoms with van der Waals surface area (Å²) in [6, 6.07) is 7.72. The monoisotopic (exact) mass is 315 g/mol. The third-order valence-corrected chi connectivity index (χ3v) is 3.88. The van der Waals surface area contributed by atoms with Gasteiger partial charge in [0, 0.05) is 12.0 Å². The van der Waals surface area contributed by atoms with Crippen molar-refractivity contribution >= 4 is 11.9 Å². The Morgan fingerprint density at radius 2 is 2.09 bits per heavy atom. The Morgan fingerprint density at radius 1 is 1.26 bits per heavy atom. The van der Waals surface area contributed by atoms with Gasteiger partial charge in [0.15, 0.2) is 6.04 Å². The van der Waals surface area contributed by atoms with Crippen molar-refractivity contribution in [2.75, 3.05) is 13.2 Å². The van der Waals surface area contributed by atoms with E-state index in [9.17, 15) is 14.7 Å². The van der Waals surface area contributed by atoms with Gasteiger partial charge in [-0.05, 0) is 24.1 Å². The second kappa shape index (κ2) is 6.56. The highest BCUT2D eigenvalue weighted by molar-refractivity contribution is 5.85. The number of ether oxygens (including phenoxy) is 1. The van der Waals surface area contributed by atoms with Gasteiger partial charge < -0.3 is 19.2 Å².